The number of carbonyl (C=O) groups excluding carboxylic acids is 1. The van der Waals surface area contributed by atoms with E-state index < -0.39 is 6.04 Å². The van der Waals surface area contributed by atoms with Crippen molar-refractivity contribution >= 4 is 45.7 Å². The molecule has 0 radical (unpaired) electrons. The number of amides is 1. The predicted molar refractivity (Wildman–Crippen MR) is 191 cm³/mol. The molecule has 0 saturated heterocycles. The molecule has 0 saturated carbocycles. The molecule has 1 aromatic heterocycles. The summed E-state index contributed by atoms with van der Waals surface area (Å²) in [6, 6.07) is 24.1. The topological polar surface area (TPSA) is 82.4 Å². The molecule has 6 rings (SSSR count). The van der Waals surface area contributed by atoms with E-state index in [0.29, 0.717) is 62.6 Å². The van der Waals surface area contributed by atoms with Crippen molar-refractivity contribution in [2.24, 2.45) is 4.99 Å². The molecule has 4 aromatic carbocycles. The average Bonchev–Trinajstić information content (AvgIpc) is 3.41. The Labute approximate surface area is 287 Å². The summed E-state index contributed by atoms with van der Waals surface area (Å²) in [5.41, 5.74) is 3.25. The van der Waals surface area contributed by atoms with Crippen LogP contribution in [0.4, 0.5) is 0 Å². The van der Waals surface area contributed by atoms with Gasteiger partial charge in [0.2, 0.25) is 0 Å². The molecule has 0 bridgehead atoms. The van der Waals surface area contributed by atoms with Gasteiger partial charge in [0.25, 0.3) is 11.5 Å². The van der Waals surface area contributed by atoms with E-state index in [1.165, 1.54) is 11.3 Å². The summed E-state index contributed by atoms with van der Waals surface area (Å²) in [5, 5.41) is 2.54. The van der Waals surface area contributed by atoms with Gasteiger partial charge in [0.05, 0.1) is 30.0 Å². The summed E-state index contributed by atoms with van der Waals surface area (Å²) < 4.78 is 19.7. The lowest BCUT2D eigenvalue weighted by Crippen LogP contribution is -2.43. The van der Waals surface area contributed by atoms with E-state index in [2.05, 4.69) is 0 Å². The maximum atomic E-state index is 14.5. The van der Waals surface area contributed by atoms with Crippen molar-refractivity contribution in [3.05, 3.63) is 132 Å². The lowest BCUT2D eigenvalue weighted by Gasteiger charge is -2.30. The van der Waals surface area contributed by atoms with Gasteiger partial charge in [0.15, 0.2) is 16.3 Å². The van der Waals surface area contributed by atoms with E-state index in [9.17, 15) is 9.59 Å². The van der Waals surface area contributed by atoms with Crippen LogP contribution >= 0.6 is 22.9 Å². The number of carbonyl (C=O) groups is 1. The van der Waals surface area contributed by atoms with Crippen LogP contribution in [-0.2, 0) is 11.4 Å². The van der Waals surface area contributed by atoms with E-state index in [1.807, 2.05) is 106 Å². The number of hydrogen-bond acceptors (Lipinski definition) is 7. The lowest BCUT2D eigenvalue weighted by atomic mass is 9.90. The highest BCUT2D eigenvalue weighted by atomic mass is 35.5. The van der Waals surface area contributed by atoms with Gasteiger partial charge in [-0.2, -0.15) is 0 Å². The molecular weight excluding hydrogens is 646 g/mol. The number of halogens is 1. The van der Waals surface area contributed by atoms with Crippen molar-refractivity contribution in [1.29, 1.82) is 0 Å². The molecule has 0 N–H and O–H groups in total. The third-order valence-electron chi connectivity index (χ3n) is 8.52. The van der Waals surface area contributed by atoms with Crippen LogP contribution < -0.4 is 29.1 Å². The molecule has 5 aromatic rings. The van der Waals surface area contributed by atoms with Crippen LogP contribution in [0.1, 0.15) is 43.5 Å². The van der Waals surface area contributed by atoms with Crippen LogP contribution in [0.15, 0.2) is 99.9 Å². The molecule has 10 heteroatoms. The standard InChI is InChI=1S/C38H36ClN3O5S/c1-6-41(7-2)37(44)33-23(3)40-38-42(35(33)34-28-11-9-8-10-26(28)15-19-30(34)45-4)36(43)32(48-38)21-25-14-18-29(31(20-25)46-5)47-22-24-12-16-27(39)17-13-24/h8-21,35H,6-7,22H2,1-5H3/b32-21+/t35-/m1/s1. The predicted octanol–water partition coefficient (Wildman–Crippen LogP) is 6.51. The number of nitrogens with zero attached hydrogens (tertiary/aromatic N) is 3. The summed E-state index contributed by atoms with van der Waals surface area (Å²) in [6.07, 6.45) is 1.82. The molecule has 2 heterocycles. The molecule has 1 aliphatic rings. The SMILES string of the molecule is CCN(CC)C(=O)C1=C(C)N=c2s/c(=C/c3ccc(OCc4ccc(Cl)cc4)c(OC)c3)c(=O)n2[C@H]1c1c(OC)ccc2ccccc12. The number of hydrogen-bond donors (Lipinski definition) is 0. The van der Waals surface area contributed by atoms with E-state index in [1.54, 1.807) is 23.7 Å². The Kier molecular flexibility index (Phi) is 9.71. The Hall–Kier alpha value is -4.86. The summed E-state index contributed by atoms with van der Waals surface area (Å²) in [7, 11) is 3.19. The molecular formula is C38H36ClN3O5S. The molecule has 0 fully saturated rings. The van der Waals surface area contributed by atoms with Gasteiger partial charge in [-0.25, -0.2) is 4.99 Å². The number of ether oxygens (including phenoxy) is 3. The Bertz CT molecular complexity index is 2220. The Morgan fingerprint density at radius 1 is 0.958 bits per heavy atom. The second-order valence-corrected chi connectivity index (χ2v) is 12.7. The molecule has 1 aliphatic heterocycles. The van der Waals surface area contributed by atoms with Crippen LogP contribution in [0.5, 0.6) is 17.2 Å². The molecule has 246 valence electrons. The number of likely N-dealkylation sites (N-methyl/N-ethyl adjacent to an activating group) is 1. The molecule has 48 heavy (non-hydrogen) atoms. The highest BCUT2D eigenvalue weighted by molar-refractivity contribution is 7.07. The van der Waals surface area contributed by atoms with Crippen LogP contribution in [0.3, 0.4) is 0 Å². The van der Waals surface area contributed by atoms with Crippen molar-refractivity contribution in [1.82, 2.24) is 9.47 Å². The van der Waals surface area contributed by atoms with E-state index in [4.69, 9.17) is 30.8 Å². The monoisotopic (exact) mass is 681 g/mol. The van der Waals surface area contributed by atoms with Gasteiger partial charge in [0, 0.05) is 23.7 Å². The third kappa shape index (κ3) is 6.23. The zero-order valence-corrected chi connectivity index (χ0v) is 29.0. The summed E-state index contributed by atoms with van der Waals surface area (Å²) >= 11 is 7.30. The van der Waals surface area contributed by atoms with Gasteiger partial charge in [0.1, 0.15) is 18.4 Å². The van der Waals surface area contributed by atoms with E-state index >= 15 is 0 Å². The van der Waals surface area contributed by atoms with Gasteiger partial charge in [-0.3, -0.25) is 14.2 Å². The van der Waals surface area contributed by atoms with Crippen LogP contribution in [0.25, 0.3) is 16.8 Å². The first-order valence-electron chi connectivity index (χ1n) is 15.7. The zero-order chi connectivity index (χ0) is 33.9. The minimum absolute atomic E-state index is 0.158. The fourth-order valence-electron chi connectivity index (χ4n) is 6.07. The molecule has 1 amide bonds. The fourth-order valence-corrected chi connectivity index (χ4v) is 7.24. The number of rotatable bonds is 10. The van der Waals surface area contributed by atoms with Gasteiger partial charge in [-0.1, -0.05) is 71.5 Å². The van der Waals surface area contributed by atoms with Gasteiger partial charge in [-0.05, 0) is 79.1 Å². The Balaban J connectivity index is 1.48. The molecule has 1 atom stereocenters. The second kappa shape index (κ2) is 14.1. The second-order valence-electron chi connectivity index (χ2n) is 11.3. The van der Waals surface area contributed by atoms with Crippen molar-refractivity contribution in [3.8, 4) is 17.2 Å². The summed E-state index contributed by atoms with van der Waals surface area (Å²) in [4.78, 5) is 35.8. The van der Waals surface area contributed by atoms with Crippen molar-refractivity contribution in [3.63, 3.8) is 0 Å². The van der Waals surface area contributed by atoms with Gasteiger partial charge < -0.3 is 19.1 Å². The largest absolute Gasteiger partial charge is 0.496 e. The smallest absolute Gasteiger partial charge is 0.271 e. The minimum atomic E-state index is -0.754. The number of allylic oxidation sites excluding steroid dienone is 1. The van der Waals surface area contributed by atoms with Gasteiger partial charge in [-0.15, -0.1) is 0 Å². The Morgan fingerprint density at radius 3 is 2.38 bits per heavy atom. The zero-order valence-electron chi connectivity index (χ0n) is 27.5. The van der Waals surface area contributed by atoms with Crippen molar-refractivity contribution < 1.29 is 19.0 Å². The van der Waals surface area contributed by atoms with E-state index in [0.717, 1.165) is 27.5 Å². The fraction of sp³-hybridized carbons (Fsp3) is 0.237. The average molecular weight is 682 g/mol. The first-order chi connectivity index (χ1) is 23.3. The molecule has 0 unspecified atom stereocenters. The van der Waals surface area contributed by atoms with Crippen molar-refractivity contribution in [2.75, 3.05) is 27.3 Å². The normalized spacial score (nSPS) is 14.5. The summed E-state index contributed by atoms with van der Waals surface area (Å²) in [6.45, 7) is 7.13. The number of benzene rings is 4. The highest BCUT2D eigenvalue weighted by Gasteiger charge is 2.36. The summed E-state index contributed by atoms with van der Waals surface area (Å²) in [5.74, 6) is 1.54. The van der Waals surface area contributed by atoms with Crippen molar-refractivity contribution in [2.45, 2.75) is 33.4 Å². The van der Waals surface area contributed by atoms with Gasteiger partial charge >= 0.3 is 0 Å². The number of aromatic nitrogens is 1. The maximum Gasteiger partial charge on any atom is 0.271 e. The lowest BCUT2D eigenvalue weighted by molar-refractivity contribution is -0.127. The molecule has 0 aliphatic carbocycles. The first-order valence-corrected chi connectivity index (χ1v) is 16.9. The third-order valence-corrected chi connectivity index (χ3v) is 9.75. The van der Waals surface area contributed by atoms with Crippen LogP contribution in [0, 0.1) is 0 Å². The molecule has 0 spiro atoms. The minimum Gasteiger partial charge on any atom is -0.496 e. The van der Waals surface area contributed by atoms with Crippen LogP contribution in [-0.4, -0.2) is 42.7 Å². The maximum absolute atomic E-state index is 14.5. The number of fused-ring (bicyclic) bond motifs is 2. The van der Waals surface area contributed by atoms with Crippen LogP contribution in [0.2, 0.25) is 5.02 Å². The quantitative estimate of drug-likeness (QED) is 0.168. The number of methoxy groups -OCH3 is 2. The van der Waals surface area contributed by atoms with E-state index in [-0.39, 0.29) is 11.5 Å². The number of thiazole rings is 1. The molecule has 8 nitrogen and oxygen atoms in total. The Morgan fingerprint density at radius 2 is 1.67 bits per heavy atom. The highest BCUT2D eigenvalue weighted by Crippen LogP contribution is 2.40. The first kappa shape index (κ1) is 33.1.